The molecule has 0 saturated heterocycles. The number of aliphatic hydroxyl groups excluding tert-OH is 1. The Morgan fingerprint density at radius 1 is 1.45 bits per heavy atom. The molecule has 1 aromatic carbocycles. The van der Waals surface area contributed by atoms with Crippen LogP contribution in [-0.2, 0) is 13.5 Å². The van der Waals surface area contributed by atoms with Crippen LogP contribution in [0.25, 0.3) is 0 Å². The number of aromatic nitrogens is 1. The molecule has 0 unspecified atom stereocenters. The molecule has 0 aliphatic heterocycles. The average Bonchev–Trinajstić information content (AvgIpc) is 2.90. The summed E-state index contributed by atoms with van der Waals surface area (Å²) in [6.45, 7) is 0. The Hall–Kier alpha value is -1.78. The van der Waals surface area contributed by atoms with Crippen molar-refractivity contribution in [3.05, 3.63) is 58.4 Å². The maximum absolute atomic E-state index is 12.3. The van der Waals surface area contributed by atoms with E-state index in [9.17, 15) is 9.90 Å². The first kappa shape index (κ1) is 13.2. The van der Waals surface area contributed by atoms with Crippen molar-refractivity contribution in [1.82, 2.24) is 9.88 Å². The maximum atomic E-state index is 12.3. The molecule has 2 atom stereocenters. The minimum absolute atomic E-state index is 0.236. The third-order valence-electron chi connectivity index (χ3n) is 3.69. The fourth-order valence-corrected chi connectivity index (χ4v) is 2.96. The molecule has 0 saturated carbocycles. The van der Waals surface area contributed by atoms with Gasteiger partial charge < -0.3 is 15.0 Å². The molecule has 4 nitrogen and oxygen atoms in total. The Morgan fingerprint density at radius 3 is 2.90 bits per heavy atom. The maximum Gasteiger partial charge on any atom is 0.268 e. The number of rotatable bonds is 2. The zero-order chi connectivity index (χ0) is 14.3. The highest BCUT2D eigenvalue weighted by Gasteiger charge is 2.32. The summed E-state index contributed by atoms with van der Waals surface area (Å²) < 4.78 is 1.67. The third kappa shape index (κ3) is 2.21. The molecule has 5 heteroatoms. The molecule has 1 amide bonds. The molecular weight excluding hydrogens is 276 g/mol. The van der Waals surface area contributed by atoms with Gasteiger partial charge in [-0.1, -0.05) is 35.9 Å². The van der Waals surface area contributed by atoms with Gasteiger partial charge in [-0.2, -0.15) is 0 Å². The van der Waals surface area contributed by atoms with Crippen LogP contribution in [0, 0.1) is 0 Å². The minimum atomic E-state index is -0.591. The van der Waals surface area contributed by atoms with Gasteiger partial charge in [0.05, 0.1) is 17.2 Å². The Morgan fingerprint density at radius 2 is 2.20 bits per heavy atom. The monoisotopic (exact) mass is 290 g/mol. The smallest absolute Gasteiger partial charge is 0.268 e. The molecule has 20 heavy (non-hydrogen) atoms. The normalized spacial score (nSPS) is 20.8. The molecule has 2 N–H and O–H groups in total. The van der Waals surface area contributed by atoms with Gasteiger partial charge in [-0.15, -0.1) is 0 Å². The SMILES string of the molecule is Cn1cc(Cl)cc1C(=O)N[C@H]1c2ccccc2C[C@H]1O. The molecule has 0 bridgehead atoms. The van der Waals surface area contributed by atoms with Crippen molar-refractivity contribution in [2.75, 3.05) is 0 Å². The van der Waals surface area contributed by atoms with Gasteiger partial charge in [-0.25, -0.2) is 0 Å². The standard InChI is InChI=1S/C15H15ClN2O2/c1-18-8-10(16)7-12(18)15(20)17-14-11-5-3-2-4-9(11)6-13(14)19/h2-5,7-8,13-14,19H,6H2,1H3,(H,17,20)/t13-,14+/m1/s1. The van der Waals surface area contributed by atoms with Crippen molar-refractivity contribution >= 4 is 17.5 Å². The summed E-state index contributed by atoms with van der Waals surface area (Å²) in [6, 6.07) is 9.01. The number of nitrogens with one attached hydrogen (secondary N) is 1. The molecule has 1 aliphatic rings. The number of aryl methyl sites for hydroxylation is 1. The zero-order valence-corrected chi connectivity index (χ0v) is 11.8. The Labute approximate surface area is 122 Å². The highest BCUT2D eigenvalue weighted by atomic mass is 35.5. The van der Waals surface area contributed by atoms with Crippen LogP contribution in [0.4, 0.5) is 0 Å². The van der Waals surface area contributed by atoms with E-state index in [0.29, 0.717) is 17.1 Å². The molecule has 0 fully saturated rings. The average molecular weight is 291 g/mol. The van der Waals surface area contributed by atoms with Gasteiger partial charge in [0.25, 0.3) is 5.91 Å². The van der Waals surface area contributed by atoms with Crippen molar-refractivity contribution in [2.24, 2.45) is 7.05 Å². The van der Waals surface area contributed by atoms with Crippen molar-refractivity contribution in [3.8, 4) is 0 Å². The number of hydrogen-bond acceptors (Lipinski definition) is 2. The second-order valence-corrected chi connectivity index (χ2v) is 5.51. The van der Waals surface area contributed by atoms with Gasteiger partial charge in [0.1, 0.15) is 5.69 Å². The molecule has 0 radical (unpaired) electrons. The molecular formula is C15H15ClN2O2. The fraction of sp³-hybridized carbons (Fsp3) is 0.267. The Kier molecular flexibility index (Phi) is 3.28. The molecule has 0 spiro atoms. The number of halogens is 1. The van der Waals surface area contributed by atoms with Crippen LogP contribution in [0.3, 0.4) is 0 Å². The number of nitrogens with zero attached hydrogens (tertiary/aromatic N) is 1. The number of amides is 1. The van der Waals surface area contributed by atoms with E-state index in [1.807, 2.05) is 24.3 Å². The van der Waals surface area contributed by atoms with Crippen molar-refractivity contribution < 1.29 is 9.90 Å². The molecule has 1 aliphatic carbocycles. The fourth-order valence-electron chi connectivity index (χ4n) is 2.71. The summed E-state index contributed by atoms with van der Waals surface area (Å²) in [4.78, 5) is 12.3. The first-order valence-electron chi connectivity index (χ1n) is 6.45. The lowest BCUT2D eigenvalue weighted by Crippen LogP contribution is -2.34. The van der Waals surface area contributed by atoms with Crippen LogP contribution in [0.5, 0.6) is 0 Å². The van der Waals surface area contributed by atoms with Crippen LogP contribution in [0.2, 0.25) is 5.02 Å². The van der Waals surface area contributed by atoms with Crippen molar-refractivity contribution in [2.45, 2.75) is 18.6 Å². The van der Waals surface area contributed by atoms with E-state index in [1.54, 1.807) is 23.9 Å². The first-order chi connectivity index (χ1) is 9.56. The van der Waals surface area contributed by atoms with Crippen LogP contribution in [0.1, 0.15) is 27.7 Å². The van der Waals surface area contributed by atoms with Gasteiger partial charge in [-0.3, -0.25) is 4.79 Å². The number of benzene rings is 1. The second kappa shape index (κ2) is 4.96. The number of carbonyl (C=O) groups is 1. The van der Waals surface area contributed by atoms with Gasteiger partial charge in [0.2, 0.25) is 0 Å². The first-order valence-corrected chi connectivity index (χ1v) is 6.82. The summed E-state index contributed by atoms with van der Waals surface area (Å²) in [5.41, 5.74) is 2.54. The molecule has 104 valence electrons. The van der Waals surface area contributed by atoms with E-state index in [2.05, 4.69) is 5.32 Å². The lowest BCUT2D eigenvalue weighted by atomic mass is 10.1. The van der Waals surface area contributed by atoms with E-state index in [1.165, 1.54) is 0 Å². The summed E-state index contributed by atoms with van der Waals surface area (Å²) in [5, 5.41) is 13.5. The van der Waals surface area contributed by atoms with E-state index < -0.39 is 6.10 Å². The van der Waals surface area contributed by atoms with Crippen molar-refractivity contribution in [1.29, 1.82) is 0 Å². The lowest BCUT2D eigenvalue weighted by molar-refractivity contribution is 0.0850. The number of carbonyl (C=O) groups excluding carboxylic acids is 1. The van der Waals surface area contributed by atoms with Crippen molar-refractivity contribution in [3.63, 3.8) is 0 Å². The predicted octanol–water partition coefficient (Wildman–Crippen LogP) is 2.07. The summed E-state index contributed by atoms with van der Waals surface area (Å²) in [6.07, 6.45) is 1.65. The topological polar surface area (TPSA) is 54.3 Å². The Bertz CT molecular complexity index is 666. The largest absolute Gasteiger partial charge is 0.390 e. The molecule has 2 aromatic rings. The van der Waals surface area contributed by atoms with Crippen LogP contribution in [0.15, 0.2) is 36.5 Å². The van der Waals surface area contributed by atoms with E-state index in [0.717, 1.165) is 11.1 Å². The zero-order valence-electron chi connectivity index (χ0n) is 11.0. The predicted molar refractivity (Wildman–Crippen MR) is 76.8 cm³/mol. The summed E-state index contributed by atoms with van der Waals surface area (Å²) in [5.74, 6) is -0.236. The number of aliphatic hydroxyl groups is 1. The van der Waals surface area contributed by atoms with Gasteiger partial charge in [-0.05, 0) is 17.2 Å². The van der Waals surface area contributed by atoms with E-state index >= 15 is 0 Å². The second-order valence-electron chi connectivity index (χ2n) is 5.08. The Balaban J connectivity index is 1.85. The van der Waals surface area contributed by atoms with E-state index in [4.69, 9.17) is 11.6 Å². The summed E-state index contributed by atoms with van der Waals surface area (Å²) >= 11 is 5.89. The highest BCUT2D eigenvalue weighted by molar-refractivity contribution is 6.31. The quantitative estimate of drug-likeness (QED) is 0.889. The third-order valence-corrected chi connectivity index (χ3v) is 3.90. The van der Waals surface area contributed by atoms with Gasteiger partial charge >= 0.3 is 0 Å². The van der Waals surface area contributed by atoms with Crippen LogP contribution in [-0.4, -0.2) is 21.7 Å². The van der Waals surface area contributed by atoms with E-state index in [-0.39, 0.29) is 11.9 Å². The van der Waals surface area contributed by atoms with Gasteiger partial charge in [0.15, 0.2) is 0 Å². The molecule has 3 rings (SSSR count). The van der Waals surface area contributed by atoms with Crippen LogP contribution < -0.4 is 5.32 Å². The lowest BCUT2D eigenvalue weighted by Gasteiger charge is -2.18. The number of fused-ring (bicyclic) bond motifs is 1. The van der Waals surface area contributed by atoms with Gasteiger partial charge in [0, 0.05) is 19.7 Å². The molecule has 1 aromatic heterocycles. The number of hydrogen-bond donors (Lipinski definition) is 2. The molecule has 1 heterocycles. The minimum Gasteiger partial charge on any atom is -0.390 e. The summed E-state index contributed by atoms with van der Waals surface area (Å²) in [7, 11) is 1.76. The van der Waals surface area contributed by atoms with Crippen LogP contribution >= 0.6 is 11.6 Å². The highest BCUT2D eigenvalue weighted by Crippen LogP contribution is 2.31.